The number of nitrogens with one attached hydrogen (secondary N) is 1. The SMILES string of the molecule is CC(C)NC(=O)CN1CCN(CN2C(=O)[C@H]3CC=CC[C@@H]3C2=O)CC1. The van der Waals surface area contributed by atoms with Gasteiger partial charge in [0.25, 0.3) is 0 Å². The summed E-state index contributed by atoms with van der Waals surface area (Å²) in [6, 6.07) is 0.152. The molecule has 25 heavy (non-hydrogen) atoms. The average molecular weight is 348 g/mol. The summed E-state index contributed by atoms with van der Waals surface area (Å²) in [6.45, 7) is 7.77. The molecule has 0 spiro atoms. The number of imide groups is 1. The summed E-state index contributed by atoms with van der Waals surface area (Å²) in [5.74, 6) is -0.293. The van der Waals surface area contributed by atoms with E-state index in [0.29, 0.717) is 26.1 Å². The third-order valence-electron chi connectivity index (χ3n) is 5.22. The van der Waals surface area contributed by atoms with E-state index in [2.05, 4.69) is 15.1 Å². The van der Waals surface area contributed by atoms with Gasteiger partial charge in [0.1, 0.15) is 0 Å². The van der Waals surface area contributed by atoms with Crippen molar-refractivity contribution >= 4 is 17.7 Å². The molecule has 138 valence electrons. The first kappa shape index (κ1) is 18.1. The van der Waals surface area contributed by atoms with Crippen LogP contribution in [0, 0.1) is 11.8 Å². The van der Waals surface area contributed by atoms with E-state index in [4.69, 9.17) is 0 Å². The predicted molar refractivity (Wildman–Crippen MR) is 93.4 cm³/mol. The molecule has 3 amide bonds. The minimum Gasteiger partial charge on any atom is -0.353 e. The van der Waals surface area contributed by atoms with Gasteiger partial charge in [0.05, 0.1) is 25.0 Å². The summed E-state index contributed by atoms with van der Waals surface area (Å²) in [5.41, 5.74) is 0. The van der Waals surface area contributed by atoms with E-state index in [-0.39, 0.29) is 35.6 Å². The summed E-state index contributed by atoms with van der Waals surface area (Å²) in [7, 11) is 0. The Balaban J connectivity index is 1.47. The Labute approximate surface area is 149 Å². The van der Waals surface area contributed by atoms with Crippen molar-refractivity contribution in [3.63, 3.8) is 0 Å². The molecule has 2 saturated heterocycles. The van der Waals surface area contributed by atoms with Crippen LogP contribution in [0.4, 0.5) is 0 Å². The molecule has 0 aromatic rings. The number of hydrogen-bond donors (Lipinski definition) is 1. The molecule has 7 heteroatoms. The monoisotopic (exact) mass is 348 g/mol. The highest BCUT2D eigenvalue weighted by Crippen LogP contribution is 2.35. The second kappa shape index (κ2) is 7.66. The highest BCUT2D eigenvalue weighted by atomic mass is 16.2. The maximum Gasteiger partial charge on any atom is 0.234 e. The molecule has 0 radical (unpaired) electrons. The van der Waals surface area contributed by atoms with Crippen LogP contribution in [0.3, 0.4) is 0 Å². The van der Waals surface area contributed by atoms with Crippen LogP contribution in [0.25, 0.3) is 0 Å². The summed E-state index contributed by atoms with van der Waals surface area (Å²) >= 11 is 0. The van der Waals surface area contributed by atoms with Crippen molar-refractivity contribution in [3.8, 4) is 0 Å². The largest absolute Gasteiger partial charge is 0.353 e. The Morgan fingerprint density at radius 1 is 1.04 bits per heavy atom. The first-order valence-corrected chi connectivity index (χ1v) is 9.20. The highest BCUT2D eigenvalue weighted by molar-refractivity contribution is 6.05. The van der Waals surface area contributed by atoms with E-state index in [0.717, 1.165) is 26.2 Å². The molecule has 0 aromatic carbocycles. The number of carbonyl (C=O) groups excluding carboxylic acids is 3. The second-order valence-electron chi connectivity index (χ2n) is 7.52. The van der Waals surface area contributed by atoms with E-state index >= 15 is 0 Å². The Morgan fingerprint density at radius 3 is 2.08 bits per heavy atom. The lowest BCUT2D eigenvalue weighted by Crippen LogP contribution is -2.53. The maximum absolute atomic E-state index is 12.5. The third-order valence-corrected chi connectivity index (χ3v) is 5.22. The lowest BCUT2D eigenvalue weighted by molar-refractivity contribution is -0.142. The van der Waals surface area contributed by atoms with Gasteiger partial charge in [-0.05, 0) is 26.7 Å². The van der Waals surface area contributed by atoms with Gasteiger partial charge >= 0.3 is 0 Å². The van der Waals surface area contributed by atoms with Crippen molar-refractivity contribution in [2.45, 2.75) is 32.7 Å². The van der Waals surface area contributed by atoms with Crippen LogP contribution in [0.5, 0.6) is 0 Å². The first-order chi connectivity index (χ1) is 12.0. The molecule has 0 aromatic heterocycles. The van der Waals surface area contributed by atoms with E-state index in [1.54, 1.807) is 0 Å². The van der Waals surface area contributed by atoms with Crippen LogP contribution in [-0.4, -0.2) is 77.9 Å². The van der Waals surface area contributed by atoms with Crippen LogP contribution >= 0.6 is 0 Å². The van der Waals surface area contributed by atoms with Gasteiger partial charge in [-0.2, -0.15) is 0 Å². The van der Waals surface area contributed by atoms with Gasteiger partial charge in [0.15, 0.2) is 0 Å². The fourth-order valence-corrected chi connectivity index (χ4v) is 3.87. The van der Waals surface area contributed by atoms with Gasteiger partial charge in [-0.15, -0.1) is 0 Å². The zero-order chi connectivity index (χ0) is 18.0. The molecule has 2 aliphatic heterocycles. The molecule has 3 rings (SSSR count). The van der Waals surface area contributed by atoms with Gasteiger partial charge in [-0.25, -0.2) is 0 Å². The predicted octanol–water partition coefficient (Wildman–Crippen LogP) is 0.0373. The first-order valence-electron chi connectivity index (χ1n) is 9.20. The number of amides is 3. The summed E-state index contributed by atoms with van der Waals surface area (Å²) in [6.07, 6.45) is 5.39. The van der Waals surface area contributed by atoms with Crippen molar-refractivity contribution in [1.29, 1.82) is 0 Å². The molecule has 0 unspecified atom stereocenters. The van der Waals surface area contributed by atoms with Crippen LogP contribution in [0.2, 0.25) is 0 Å². The molecule has 1 aliphatic carbocycles. The molecule has 2 heterocycles. The zero-order valence-corrected chi connectivity index (χ0v) is 15.1. The highest BCUT2D eigenvalue weighted by Gasteiger charge is 2.47. The average Bonchev–Trinajstić information content (AvgIpc) is 2.81. The molecule has 0 saturated carbocycles. The Morgan fingerprint density at radius 2 is 1.56 bits per heavy atom. The third kappa shape index (κ3) is 4.10. The minimum absolute atomic E-state index is 0.0157. The van der Waals surface area contributed by atoms with Crippen molar-refractivity contribution in [3.05, 3.63) is 12.2 Å². The number of hydrogen-bond acceptors (Lipinski definition) is 5. The summed E-state index contributed by atoms with van der Waals surface area (Å²) < 4.78 is 0. The van der Waals surface area contributed by atoms with E-state index in [9.17, 15) is 14.4 Å². The zero-order valence-electron chi connectivity index (χ0n) is 15.1. The van der Waals surface area contributed by atoms with E-state index < -0.39 is 0 Å². The van der Waals surface area contributed by atoms with Crippen LogP contribution < -0.4 is 5.32 Å². The molecule has 2 fully saturated rings. The normalized spacial score (nSPS) is 27.9. The molecule has 1 N–H and O–H groups in total. The number of fused-ring (bicyclic) bond motifs is 1. The van der Waals surface area contributed by atoms with Crippen molar-refractivity contribution in [2.24, 2.45) is 11.8 Å². The number of likely N-dealkylation sites (tertiary alicyclic amines) is 1. The smallest absolute Gasteiger partial charge is 0.234 e. The minimum atomic E-state index is -0.154. The topological polar surface area (TPSA) is 73.0 Å². The fourth-order valence-electron chi connectivity index (χ4n) is 3.87. The molecular formula is C18H28N4O3. The van der Waals surface area contributed by atoms with Crippen LogP contribution in [-0.2, 0) is 14.4 Å². The van der Waals surface area contributed by atoms with Gasteiger partial charge < -0.3 is 5.32 Å². The number of rotatable bonds is 5. The number of piperazine rings is 1. The molecular weight excluding hydrogens is 320 g/mol. The molecule has 0 bridgehead atoms. The van der Waals surface area contributed by atoms with Crippen LogP contribution in [0.15, 0.2) is 12.2 Å². The van der Waals surface area contributed by atoms with Gasteiger partial charge in [-0.1, -0.05) is 12.2 Å². The van der Waals surface area contributed by atoms with Crippen molar-refractivity contribution < 1.29 is 14.4 Å². The Kier molecular flexibility index (Phi) is 5.54. The lowest BCUT2D eigenvalue weighted by Gasteiger charge is -2.36. The Bertz CT molecular complexity index is 541. The van der Waals surface area contributed by atoms with Gasteiger partial charge in [-0.3, -0.25) is 29.1 Å². The molecule has 7 nitrogen and oxygen atoms in total. The number of carbonyl (C=O) groups is 3. The molecule has 3 aliphatic rings. The van der Waals surface area contributed by atoms with Gasteiger partial charge in [0, 0.05) is 32.2 Å². The van der Waals surface area contributed by atoms with Gasteiger partial charge in [0.2, 0.25) is 17.7 Å². The summed E-state index contributed by atoms with van der Waals surface area (Å²) in [4.78, 5) is 42.6. The maximum atomic E-state index is 12.5. The second-order valence-corrected chi connectivity index (χ2v) is 7.52. The quantitative estimate of drug-likeness (QED) is 0.561. The fraction of sp³-hybridized carbons (Fsp3) is 0.722. The standard InChI is InChI=1S/C18H28N4O3/c1-13(2)19-16(23)11-20-7-9-21(10-8-20)12-22-17(24)14-5-3-4-6-15(14)18(22)25/h3-4,13-15H,5-12H2,1-2H3,(H,19,23)/t14-,15-/m0/s1. The number of nitrogens with zero attached hydrogens (tertiary/aromatic N) is 3. The van der Waals surface area contributed by atoms with E-state index in [1.165, 1.54) is 4.90 Å². The Hall–Kier alpha value is -1.73. The summed E-state index contributed by atoms with van der Waals surface area (Å²) in [5, 5.41) is 2.90. The number of allylic oxidation sites excluding steroid dienone is 2. The molecule has 2 atom stereocenters. The lowest BCUT2D eigenvalue weighted by atomic mass is 9.85. The van der Waals surface area contributed by atoms with Crippen LogP contribution in [0.1, 0.15) is 26.7 Å². The van der Waals surface area contributed by atoms with E-state index in [1.807, 2.05) is 26.0 Å². The van der Waals surface area contributed by atoms with Crippen molar-refractivity contribution in [1.82, 2.24) is 20.0 Å². The van der Waals surface area contributed by atoms with Crippen molar-refractivity contribution in [2.75, 3.05) is 39.4 Å².